The minimum absolute atomic E-state index is 0.472. The average molecular weight is 281 g/mol. The van der Waals surface area contributed by atoms with Crippen LogP contribution in [0.2, 0.25) is 0 Å². The lowest BCUT2D eigenvalue weighted by atomic mass is 9.82. The number of fused-ring (bicyclic) bond motifs is 1. The first-order valence-corrected chi connectivity index (χ1v) is 7.71. The molecule has 0 saturated carbocycles. The van der Waals surface area contributed by atoms with E-state index in [1.54, 1.807) is 11.3 Å². The van der Waals surface area contributed by atoms with Gasteiger partial charge in [0.2, 0.25) is 0 Å². The van der Waals surface area contributed by atoms with Gasteiger partial charge in [0.05, 0.1) is 5.54 Å². The maximum Gasteiger partial charge on any atom is 0.0653 e. The summed E-state index contributed by atoms with van der Waals surface area (Å²) in [5, 5.41) is 3.40. The van der Waals surface area contributed by atoms with E-state index in [0.717, 1.165) is 0 Å². The van der Waals surface area contributed by atoms with Gasteiger partial charge in [0, 0.05) is 4.70 Å². The second-order valence-corrected chi connectivity index (χ2v) is 6.58. The van der Waals surface area contributed by atoms with Crippen LogP contribution in [0.25, 0.3) is 10.1 Å². The molecular formula is C18H19NS. The molecule has 0 saturated heterocycles. The number of rotatable bonds is 2. The molecule has 2 aromatic carbocycles. The molecule has 1 atom stereocenters. The van der Waals surface area contributed by atoms with E-state index in [0.29, 0.717) is 0 Å². The first-order valence-electron chi connectivity index (χ1n) is 6.83. The van der Waals surface area contributed by atoms with Gasteiger partial charge in [-0.3, -0.25) is 0 Å². The summed E-state index contributed by atoms with van der Waals surface area (Å²) in [7, 11) is 0. The number of hydrogen-bond acceptors (Lipinski definition) is 2. The maximum absolute atomic E-state index is 6.76. The van der Waals surface area contributed by atoms with Crippen molar-refractivity contribution in [3.63, 3.8) is 0 Å². The largest absolute Gasteiger partial charge is 0.318 e. The minimum Gasteiger partial charge on any atom is -0.318 e. The first-order chi connectivity index (χ1) is 9.50. The summed E-state index contributed by atoms with van der Waals surface area (Å²) >= 11 is 1.77. The molecule has 0 aliphatic heterocycles. The Kier molecular flexibility index (Phi) is 3.15. The second-order valence-electron chi connectivity index (χ2n) is 5.67. The standard InChI is InChI=1S/C18H19NS/c1-12-7-8-13(2)16(11-12)18(3,19)15-6-4-5-14-9-10-20-17(14)15/h4-11H,19H2,1-3H3. The van der Waals surface area contributed by atoms with Crippen LogP contribution in [-0.2, 0) is 5.54 Å². The lowest BCUT2D eigenvalue weighted by molar-refractivity contribution is 0.604. The Morgan fingerprint density at radius 1 is 1.00 bits per heavy atom. The Labute approximate surface area is 124 Å². The third-order valence-electron chi connectivity index (χ3n) is 3.99. The van der Waals surface area contributed by atoms with Crippen molar-refractivity contribution in [1.82, 2.24) is 0 Å². The fourth-order valence-corrected chi connectivity index (χ4v) is 3.87. The van der Waals surface area contributed by atoms with Crippen LogP contribution >= 0.6 is 11.3 Å². The maximum atomic E-state index is 6.76. The molecule has 0 aliphatic rings. The summed E-state index contributed by atoms with van der Waals surface area (Å²) in [5.74, 6) is 0. The molecule has 1 heterocycles. The van der Waals surface area contributed by atoms with Crippen LogP contribution in [0, 0.1) is 13.8 Å². The van der Waals surface area contributed by atoms with Crippen LogP contribution in [0.4, 0.5) is 0 Å². The highest BCUT2D eigenvalue weighted by Crippen LogP contribution is 2.36. The summed E-state index contributed by atoms with van der Waals surface area (Å²) < 4.78 is 1.29. The van der Waals surface area contributed by atoms with E-state index in [1.807, 2.05) is 0 Å². The van der Waals surface area contributed by atoms with Gasteiger partial charge in [0.15, 0.2) is 0 Å². The Balaban J connectivity index is 2.25. The number of benzene rings is 2. The van der Waals surface area contributed by atoms with Gasteiger partial charge in [-0.05, 0) is 54.3 Å². The third-order valence-corrected chi connectivity index (χ3v) is 4.95. The van der Waals surface area contributed by atoms with Gasteiger partial charge >= 0.3 is 0 Å². The van der Waals surface area contributed by atoms with E-state index in [1.165, 1.54) is 32.3 Å². The Bertz CT molecular complexity index is 768. The molecule has 102 valence electrons. The van der Waals surface area contributed by atoms with Crippen LogP contribution in [0.5, 0.6) is 0 Å². The summed E-state index contributed by atoms with van der Waals surface area (Å²) in [4.78, 5) is 0. The van der Waals surface area contributed by atoms with Crippen LogP contribution < -0.4 is 5.73 Å². The topological polar surface area (TPSA) is 26.0 Å². The van der Waals surface area contributed by atoms with Crippen molar-refractivity contribution in [2.24, 2.45) is 5.73 Å². The van der Waals surface area contributed by atoms with Gasteiger partial charge in [-0.1, -0.05) is 42.0 Å². The quantitative estimate of drug-likeness (QED) is 0.721. The highest BCUT2D eigenvalue weighted by Gasteiger charge is 2.27. The smallest absolute Gasteiger partial charge is 0.0653 e. The Morgan fingerprint density at radius 3 is 2.60 bits per heavy atom. The van der Waals surface area contributed by atoms with Gasteiger partial charge in [0.25, 0.3) is 0 Å². The molecule has 3 rings (SSSR count). The number of nitrogens with two attached hydrogens (primary N) is 1. The van der Waals surface area contributed by atoms with E-state index < -0.39 is 5.54 Å². The zero-order valence-corrected chi connectivity index (χ0v) is 12.9. The fourth-order valence-electron chi connectivity index (χ4n) is 2.84. The highest BCUT2D eigenvalue weighted by molar-refractivity contribution is 7.17. The highest BCUT2D eigenvalue weighted by atomic mass is 32.1. The summed E-state index contributed by atoms with van der Waals surface area (Å²) in [6, 6.07) is 15.1. The van der Waals surface area contributed by atoms with Crippen molar-refractivity contribution in [3.8, 4) is 0 Å². The van der Waals surface area contributed by atoms with Crippen molar-refractivity contribution in [2.75, 3.05) is 0 Å². The molecule has 0 radical (unpaired) electrons. The van der Waals surface area contributed by atoms with Gasteiger partial charge < -0.3 is 5.73 Å². The third kappa shape index (κ3) is 2.05. The van der Waals surface area contributed by atoms with Gasteiger partial charge in [0.1, 0.15) is 0 Å². The monoisotopic (exact) mass is 281 g/mol. The van der Waals surface area contributed by atoms with Crippen molar-refractivity contribution in [1.29, 1.82) is 0 Å². The Morgan fingerprint density at radius 2 is 1.80 bits per heavy atom. The van der Waals surface area contributed by atoms with E-state index in [-0.39, 0.29) is 0 Å². The molecule has 1 aromatic heterocycles. The SMILES string of the molecule is Cc1ccc(C)c(C(C)(N)c2cccc3ccsc23)c1. The fraction of sp³-hybridized carbons (Fsp3) is 0.222. The summed E-state index contributed by atoms with van der Waals surface area (Å²) in [6.07, 6.45) is 0. The number of hydrogen-bond donors (Lipinski definition) is 1. The predicted molar refractivity (Wildman–Crippen MR) is 88.4 cm³/mol. The molecule has 20 heavy (non-hydrogen) atoms. The molecule has 0 fully saturated rings. The van der Waals surface area contributed by atoms with Crippen LogP contribution in [0.3, 0.4) is 0 Å². The van der Waals surface area contributed by atoms with E-state index in [9.17, 15) is 0 Å². The zero-order valence-electron chi connectivity index (χ0n) is 12.1. The molecule has 0 amide bonds. The van der Waals surface area contributed by atoms with Gasteiger partial charge in [-0.25, -0.2) is 0 Å². The van der Waals surface area contributed by atoms with Gasteiger partial charge in [-0.15, -0.1) is 11.3 Å². The van der Waals surface area contributed by atoms with Crippen molar-refractivity contribution in [2.45, 2.75) is 26.3 Å². The first kappa shape index (κ1) is 13.3. The summed E-state index contributed by atoms with van der Waals surface area (Å²) in [5.41, 5.74) is 11.2. The lowest BCUT2D eigenvalue weighted by Gasteiger charge is -2.28. The van der Waals surface area contributed by atoms with Crippen molar-refractivity contribution >= 4 is 21.4 Å². The van der Waals surface area contributed by atoms with E-state index in [4.69, 9.17) is 5.73 Å². The van der Waals surface area contributed by atoms with E-state index in [2.05, 4.69) is 68.6 Å². The van der Waals surface area contributed by atoms with Crippen LogP contribution in [0.1, 0.15) is 29.2 Å². The molecule has 0 spiro atoms. The molecule has 3 aromatic rings. The van der Waals surface area contributed by atoms with Gasteiger partial charge in [-0.2, -0.15) is 0 Å². The summed E-state index contributed by atoms with van der Waals surface area (Å²) in [6.45, 7) is 6.36. The molecule has 2 heteroatoms. The van der Waals surface area contributed by atoms with Crippen LogP contribution in [0.15, 0.2) is 47.8 Å². The minimum atomic E-state index is -0.472. The molecule has 1 unspecified atom stereocenters. The number of thiophene rings is 1. The van der Waals surface area contributed by atoms with Crippen molar-refractivity contribution < 1.29 is 0 Å². The number of aryl methyl sites for hydroxylation is 2. The lowest BCUT2D eigenvalue weighted by Crippen LogP contribution is -2.35. The zero-order chi connectivity index (χ0) is 14.3. The molecule has 2 N–H and O–H groups in total. The average Bonchev–Trinajstić information content (AvgIpc) is 2.89. The van der Waals surface area contributed by atoms with Crippen LogP contribution in [-0.4, -0.2) is 0 Å². The van der Waals surface area contributed by atoms with E-state index >= 15 is 0 Å². The predicted octanol–water partition coefficient (Wildman–Crippen LogP) is 4.74. The van der Waals surface area contributed by atoms with Crippen molar-refractivity contribution in [3.05, 3.63) is 70.1 Å². The second kappa shape index (κ2) is 4.72. The normalized spacial score (nSPS) is 14.4. The molecule has 1 nitrogen and oxygen atoms in total. The molecule has 0 bridgehead atoms. The Hall–Kier alpha value is -1.64. The molecule has 0 aliphatic carbocycles. The molecular weight excluding hydrogens is 262 g/mol.